The first-order valence-corrected chi connectivity index (χ1v) is 10.1. The lowest BCUT2D eigenvalue weighted by Gasteiger charge is -2.15. The Labute approximate surface area is 167 Å². The molecule has 0 saturated heterocycles. The highest BCUT2D eigenvalue weighted by atomic mass is 32.2. The number of benzene rings is 2. The molecule has 1 unspecified atom stereocenters. The largest absolute Gasteiger partial charge is 0.408 e. The number of sulfone groups is 1. The molecule has 2 aromatic carbocycles. The summed E-state index contributed by atoms with van der Waals surface area (Å²) >= 11 is 0. The topological polar surface area (TPSA) is 131 Å². The van der Waals surface area contributed by atoms with Crippen molar-refractivity contribution in [1.82, 2.24) is 20.8 Å². The summed E-state index contributed by atoms with van der Waals surface area (Å²) in [5.74, 6) is -1.03. The fraction of sp³-hybridized carbons (Fsp3) is 0.158. The van der Waals surface area contributed by atoms with E-state index in [2.05, 4.69) is 15.5 Å². The van der Waals surface area contributed by atoms with Crippen molar-refractivity contribution >= 4 is 21.8 Å². The maximum absolute atomic E-state index is 13.2. The average molecular weight is 414 g/mol. The van der Waals surface area contributed by atoms with Crippen LogP contribution in [0.1, 0.15) is 16.4 Å². The van der Waals surface area contributed by atoms with Gasteiger partial charge in [0.1, 0.15) is 0 Å². The van der Waals surface area contributed by atoms with Gasteiger partial charge < -0.3 is 9.73 Å². The Kier molecular flexibility index (Phi) is 5.74. The van der Waals surface area contributed by atoms with Gasteiger partial charge in [0, 0.05) is 12.6 Å². The molecule has 2 N–H and O–H groups in total. The molecule has 3 rings (SSSR count). The van der Waals surface area contributed by atoms with Crippen LogP contribution < -0.4 is 10.6 Å². The molecule has 1 aromatic heterocycles. The highest BCUT2D eigenvalue weighted by molar-refractivity contribution is 7.92. The Morgan fingerprint density at radius 1 is 1.00 bits per heavy atom. The van der Waals surface area contributed by atoms with Crippen LogP contribution in [-0.4, -0.2) is 37.6 Å². The van der Waals surface area contributed by atoms with Gasteiger partial charge in [-0.3, -0.25) is 10.1 Å². The lowest BCUT2D eigenvalue weighted by Crippen LogP contribution is -2.42. The molecule has 0 spiro atoms. The van der Waals surface area contributed by atoms with Gasteiger partial charge in [-0.05, 0) is 24.6 Å². The van der Waals surface area contributed by atoms with Gasteiger partial charge >= 0.3 is 11.3 Å². The molecule has 3 aromatic rings. The number of nitrogens with one attached hydrogen (secondary N) is 2. The van der Waals surface area contributed by atoms with E-state index in [9.17, 15) is 18.0 Å². The van der Waals surface area contributed by atoms with Crippen LogP contribution >= 0.6 is 0 Å². The van der Waals surface area contributed by atoms with Crippen LogP contribution in [0.3, 0.4) is 0 Å². The maximum atomic E-state index is 13.2. The predicted molar refractivity (Wildman–Crippen MR) is 103 cm³/mol. The van der Waals surface area contributed by atoms with E-state index in [1.807, 2.05) is 24.4 Å². The smallest absolute Gasteiger partial charge is 0.336 e. The van der Waals surface area contributed by atoms with Crippen molar-refractivity contribution in [2.75, 3.05) is 7.05 Å². The molecule has 0 fully saturated rings. The van der Waals surface area contributed by atoms with E-state index in [1.54, 1.807) is 30.3 Å². The van der Waals surface area contributed by atoms with E-state index in [4.69, 9.17) is 4.42 Å². The van der Waals surface area contributed by atoms with Crippen LogP contribution in [0.4, 0.5) is 4.79 Å². The molecule has 0 radical (unpaired) electrons. The van der Waals surface area contributed by atoms with E-state index >= 15 is 0 Å². The molecular formula is C19H18N4O5S. The Hall–Kier alpha value is -3.53. The van der Waals surface area contributed by atoms with E-state index < -0.39 is 32.2 Å². The van der Waals surface area contributed by atoms with Crippen LogP contribution in [0.2, 0.25) is 0 Å². The summed E-state index contributed by atoms with van der Waals surface area (Å²) in [6, 6.07) is 14.0. The van der Waals surface area contributed by atoms with Crippen molar-refractivity contribution in [1.29, 1.82) is 0 Å². The van der Waals surface area contributed by atoms with Gasteiger partial charge in [-0.1, -0.05) is 53.1 Å². The van der Waals surface area contributed by atoms with Crippen molar-refractivity contribution in [3.8, 4) is 11.5 Å². The number of urea groups is 1. The van der Waals surface area contributed by atoms with Crippen molar-refractivity contribution in [3.05, 3.63) is 65.7 Å². The van der Waals surface area contributed by atoms with Crippen molar-refractivity contribution in [3.63, 3.8) is 0 Å². The summed E-state index contributed by atoms with van der Waals surface area (Å²) in [5.41, 5.74) is 1.70. The van der Waals surface area contributed by atoms with Gasteiger partial charge in [-0.25, -0.2) is 13.2 Å². The number of imide groups is 1. The minimum atomic E-state index is -4.43. The molecule has 10 heteroatoms. The van der Waals surface area contributed by atoms with Gasteiger partial charge in [0.25, 0.3) is 5.91 Å². The number of hydrogen-bond donors (Lipinski definition) is 2. The third kappa shape index (κ3) is 4.32. The fourth-order valence-corrected chi connectivity index (χ4v) is 3.99. The Bertz CT molecular complexity index is 1120. The number of aryl methyl sites for hydroxylation is 1. The Morgan fingerprint density at radius 2 is 1.66 bits per heavy atom. The number of hydrogen-bond acceptors (Lipinski definition) is 7. The van der Waals surface area contributed by atoms with Gasteiger partial charge in [-0.15, -0.1) is 5.10 Å². The second-order valence-electron chi connectivity index (χ2n) is 6.14. The second-order valence-corrected chi connectivity index (χ2v) is 8.05. The van der Waals surface area contributed by atoms with E-state index in [0.717, 1.165) is 5.56 Å². The summed E-state index contributed by atoms with van der Waals surface area (Å²) in [4.78, 5) is 24.2. The first-order chi connectivity index (χ1) is 13.8. The monoisotopic (exact) mass is 414 g/mol. The number of aromatic nitrogens is 2. The van der Waals surface area contributed by atoms with Gasteiger partial charge in [0.05, 0.1) is 0 Å². The standard InChI is InChI=1S/C19H18N4O5S/c1-12-8-10-14(11-9-12)17-22-23-19(28-17)29(26,27)15(13-6-4-3-5-7-13)16(24)21-18(25)20-2/h3-11,15H,1-2H3,(H2,20,21,24,25). The summed E-state index contributed by atoms with van der Waals surface area (Å²) in [6.07, 6.45) is 0. The van der Waals surface area contributed by atoms with Gasteiger partial charge in [0.15, 0.2) is 5.25 Å². The normalized spacial score (nSPS) is 12.2. The van der Waals surface area contributed by atoms with Crippen molar-refractivity contribution < 1.29 is 22.4 Å². The SMILES string of the molecule is CNC(=O)NC(=O)C(c1ccccc1)S(=O)(=O)c1nnc(-c2ccc(C)cc2)o1. The zero-order valence-electron chi connectivity index (χ0n) is 15.6. The van der Waals surface area contributed by atoms with Gasteiger partial charge in [-0.2, -0.15) is 0 Å². The van der Waals surface area contributed by atoms with Crippen LogP contribution in [0.25, 0.3) is 11.5 Å². The Morgan fingerprint density at radius 3 is 2.28 bits per heavy atom. The summed E-state index contributed by atoms with van der Waals surface area (Å²) in [7, 11) is -3.13. The molecule has 9 nitrogen and oxygen atoms in total. The van der Waals surface area contributed by atoms with E-state index in [0.29, 0.717) is 5.56 Å². The van der Waals surface area contributed by atoms with Crippen LogP contribution in [0.5, 0.6) is 0 Å². The van der Waals surface area contributed by atoms with Crippen LogP contribution in [0, 0.1) is 6.92 Å². The lowest BCUT2D eigenvalue weighted by molar-refractivity contribution is -0.119. The van der Waals surface area contributed by atoms with Crippen molar-refractivity contribution in [2.24, 2.45) is 0 Å². The van der Waals surface area contributed by atoms with E-state index in [1.165, 1.54) is 19.2 Å². The zero-order valence-corrected chi connectivity index (χ0v) is 16.4. The molecule has 0 aliphatic rings. The molecular weight excluding hydrogens is 396 g/mol. The summed E-state index contributed by atoms with van der Waals surface area (Å²) in [5, 5.41) is 9.16. The molecule has 150 valence electrons. The first kappa shape index (κ1) is 20.2. The number of rotatable bonds is 5. The lowest BCUT2D eigenvalue weighted by atomic mass is 10.1. The van der Waals surface area contributed by atoms with Gasteiger partial charge in [0.2, 0.25) is 15.7 Å². The highest BCUT2D eigenvalue weighted by Crippen LogP contribution is 2.30. The third-order valence-electron chi connectivity index (χ3n) is 4.06. The third-order valence-corrected chi connectivity index (χ3v) is 5.82. The maximum Gasteiger partial charge on any atom is 0.336 e. The molecule has 0 aliphatic heterocycles. The first-order valence-electron chi connectivity index (χ1n) is 8.55. The van der Waals surface area contributed by atoms with Crippen LogP contribution in [0.15, 0.2) is 64.2 Å². The minimum absolute atomic E-state index is 0.00194. The molecule has 0 bridgehead atoms. The average Bonchev–Trinajstić information content (AvgIpc) is 3.20. The quantitative estimate of drug-likeness (QED) is 0.653. The number of carbonyl (C=O) groups is 2. The minimum Gasteiger partial charge on any atom is -0.408 e. The molecule has 0 saturated carbocycles. The fourth-order valence-electron chi connectivity index (χ4n) is 2.58. The zero-order chi connectivity index (χ0) is 21.0. The molecule has 29 heavy (non-hydrogen) atoms. The van der Waals surface area contributed by atoms with E-state index in [-0.39, 0.29) is 11.5 Å². The number of carbonyl (C=O) groups excluding carboxylic acids is 2. The number of amides is 3. The number of nitrogens with zero attached hydrogens (tertiary/aromatic N) is 2. The van der Waals surface area contributed by atoms with Crippen molar-refractivity contribution in [2.45, 2.75) is 17.4 Å². The second kappa shape index (κ2) is 8.23. The molecule has 0 aliphatic carbocycles. The molecule has 1 heterocycles. The molecule has 3 amide bonds. The predicted octanol–water partition coefficient (Wildman–Crippen LogP) is 2.02. The Balaban J connectivity index is 2.02. The van der Waals surface area contributed by atoms with Crippen LogP contribution in [-0.2, 0) is 14.6 Å². The highest BCUT2D eigenvalue weighted by Gasteiger charge is 2.40. The summed E-state index contributed by atoms with van der Waals surface area (Å²) < 4.78 is 31.7. The summed E-state index contributed by atoms with van der Waals surface area (Å²) in [6.45, 7) is 1.91. The molecule has 1 atom stereocenters.